The second-order valence-electron chi connectivity index (χ2n) is 8.40. The minimum Gasteiger partial charge on any atom is -0.461 e. The van der Waals surface area contributed by atoms with E-state index in [0.717, 1.165) is 16.7 Å². The van der Waals surface area contributed by atoms with Gasteiger partial charge in [-0.3, -0.25) is 9.59 Å². The fourth-order valence-corrected chi connectivity index (χ4v) is 4.94. The lowest BCUT2D eigenvalue weighted by atomic mass is 9.80. The molecule has 0 aliphatic carbocycles. The van der Waals surface area contributed by atoms with Gasteiger partial charge in [-0.15, -0.1) is 0 Å². The number of rotatable bonds is 4. The minimum atomic E-state index is -1.17. The molecule has 6 heteroatoms. The molecule has 2 aliphatic rings. The molecule has 2 amide bonds. The van der Waals surface area contributed by atoms with E-state index >= 15 is 0 Å². The molecule has 4 atom stereocenters. The van der Waals surface area contributed by atoms with Crippen LogP contribution in [0, 0.1) is 25.7 Å². The van der Waals surface area contributed by atoms with Crippen LogP contribution in [0.5, 0.6) is 0 Å². The maximum Gasteiger partial charge on any atom is 0.368 e. The Balaban J connectivity index is 1.83. The Morgan fingerprint density at radius 1 is 1.07 bits per heavy atom. The van der Waals surface area contributed by atoms with Crippen molar-refractivity contribution in [2.75, 3.05) is 11.5 Å². The Bertz CT molecular complexity index is 1020. The molecule has 2 saturated heterocycles. The number of hydrogen-bond donors (Lipinski definition) is 1. The zero-order valence-corrected chi connectivity index (χ0v) is 17.7. The number of hydrogen-bond acceptors (Lipinski definition) is 4. The number of carbonyl (C=O) groups excluding carboxylic acids is 3. The third-order valence-corrected chi connectivity index (χ3v) is 6.46. The van der Waals surface area contributed by atoms with E-state index in [1.807, 2.05) is 55.6 Å². The molecule has 4 rings (SSSR count). The summed E-state index contributed by atoms with van der Waals surface area (Å²) in [5, 5.41) is 1.87. The third kappa shape index (κ3) is 2.94. The fourth-order valence-electron chi connectivity index (χ4n) is 4.94. The maximum absolute atomic E-state index is 13.6. The molecule has 2 heterocycles. The molecule has 0 unspecified atom stereocenters. The third-order valence-electron chi connectivity index (χ3n) is 6.46. The minimum absolute atomic E-state index is 0.221. The van der Waals surface area contributed by atoms with Gasteiger partial charge in [-0.2, -0.15) is 0 Å². The molecule has 0 aromatic heterocycles. The van der Waals surface area contributed by atoms with Crippen molar-refractivity contribution in [3.8, 4) is 0 Å². The average Bonchev–Trinajstić information content (AvgIpc) is 3.17. The van der Waals surface area contributed by atoms with Gasteiger partial charge in [0.05, 0.1) is 12.3 Å². The first kappa shape index (κ1) is 20.3. The van der Waals surface area contributed by atoms with Crippen molar-refractivity contribution in [3.05, 3.63) is 65.2 Å². The number of esters is 1. The van der Waals surface area contributed by atoms with Crippen molar-refractivity contribution in [2.45, 2.75) is 39.3 Å². The average molecular weight is 407 g/mol. The second-order valence-corrected chi connectivity index (χ2v) is 8.40. The molecule has 0 radical (unpaired) electrons. The number of quaternary nitrogens is 1. The number of benzene rings is 2. The standard InChI is InChI=1S/C24H26N2O4/c1-5-30-23(29)24(4)19-18(20(25-24)17-9-7-6-8-15(17)3)21(27)26(22(19)28)16-12-10-14(2)11-13-16/h6-13,18-20,25H,5H2,1-4H3/p+1/t18-,19+,20-,24+/m0/s1. The first-order valence-corrected chi connectivity index (χ1v) is 10.3. The van der Waals surface area contributed by atoms with E-state index in [0.29, 0.717) is 5.69 Å². The molecule has 156 valence electrons. The number of carbonyl (C=O) groups is 3. The Morgan fingerprint density at radius 3 is 2.37 bits per heavy atom. The second kappa shape index (κ2) is 7.36. The highest BCUT2D eigenvalue weighted by atomic mass is 16.5. The van der Waals surface area contributed by atoms with Gasteiger partial charge in [-0.1, -0.05) is 42.0 Å². The van der Waals surface area contributed by atoms with Gasteiger partial charge in [0, 0.05) is 12.5 Å². The summed E-state index contributed by atoms with van der Waals surface area (Å²) in [6.07, 6.45) is 0. The van der Waals surface area contributed by atoms with Gasteiger partial charge in [0.1, 0.15) is 17.9 Å². The SMILES string of the molecule is CCOC(=O)[C@]1(C)[NH2+][C@@H](c2ccccc2C)[C@H]2C(=O)N(c3ccc(C)cc3)C(=O)[C@@H]21. The Hall–Kier alpha value is -2.99. The zero-order chi connectivity index (χ0) is 21.6. The molecule has 0 bridgehead atoms. The van der Waals surface area contributed by atoms with Gasteiger partial charge in [0.25, 0.3) is 0 Å². The molecule has 30 heavy (non-hydrogen) atoms. The van der Waals surface area contributed by atoms with Crippen LogP contribution in [0.15, 0.2) is 48.5 Å². The lowest BCUT2D eigenvalue weighted by molar-refractivity contribution is -0.731. The van der Waals surface area contributed by atoms with Gasteiger partial charge in [0.2, 0.25) is 17.4 Å². The normalized spacial score (nSPS) is 28.0. The van der Waals surface area contributed by atoms with Gasteiger partial charge < -0.3 is 10.1 Å². The molecular weight excluding hydrogens is 380 g/mol. The zero-order valence-electron chi connectivity index (χ0n) is 17.7. The van der Waals surface area contributed by atoms with E-state index in [2.05, 4.69) is 0 Å². The van der Waals surface area contributed by atoms with Crippen LogP contribution in [0.3, 0.4) is 0 Å². The number of anilines is 1. The van der Waals surface area contributed by atoms with E-state index < -0.39 is 23.3 Å². The van der Waals surface area contributed by atoms with Crippen molar-refractivity contribution in [2.24, 2.45) is 11.8 Å². The molecule has 0 spiro atoms. The summed E-state index contributed by atoms with van der Waals surface area (Å²) >= 11 is 0. The number of fused-ring (bicyclic) bond motifs is 1. The molecular formula is C24H27N2O4+. The number of nitrogens with zero attached hydrogens (tertiary/aromatic N) is 1. The largest absolute Gasteiger partial charge is 0.461 e. The molecule has 2 fully saturated rings. The van der Waals surface area contributed by atoms with Crippen molar-refractivity contribution in [3.63, 3.8) is 0 Å². The van der Waals surface area contributed by atoms with Gasteiger partial charge >= 0.3 is 5.97 Å². The van der Waals surface area contributed by atoms with Crippen LogP contribution in [0.4, 0.5) is 5.69 Å². The van der Waals surface area contributed by atoms with E-state index in [4.69, 9.17) is 4.74 Å². The predicted octanol–water partition coefficient (Wildman–Crippen LogP) is 2.05. The predicted molar refractivity (Wildman–Crippen MR) is 112 cm³/mol. The molecule has 2 aromatic carbocycles. The number of amides is 2. The smallest absolute Gasteiger partial charge is 0.368 e. The van der Waals surface area contributed by atoms with Crippen LogP contribution in [0.25, 0.3) is 0 Å². The monoisotopic (exact) mass is 407 g/mol. The molecule has 0 saturated carbocycles. The summed E-state index contributed by atoms with van der Waals surface area (Å²) in [5.74, 6) is -2.46. The quantitative estimate of drug-likeness (QED) is 0.621. The highest BCUT2D eigenvalue weighted by molar-refractivity contribution is 6.23. The number of ether oxygens (including phenoxy) is 1. The first-order valence-electron chi connectivity index (χ1n) is 10.3. The summed E-state index contributed by atoms with van der Waals surface area (Å²) in [6.45, 7) is 7.63. The number of imide groups is 1. The summed E-state index contributed by atoms with van der Waals surface area (Å²) in [5.41, 5.74) is 2.41. The number of aryl methyl sites for hydroxylation is 2. The van der Waals surface area contributed by atoms with Gasteiger partial charge in [0.15, 0.2) is 0 Å². The van der Waals surface area contributed by atoms with Crippen molar-refractivity contribution in [1.29, 1.82) is 0 Å². The van der Waals surface area contributed by atoms with Crippen molar-refractivity contribution in [1.82, 2.24) is 0 Å². The Labute approximate surface area is 176 Å². The van der Waals surface area contributed by atoms with Crippen LogP contribution in [-0.2, 0) is 19.1 Å². The Kier molecular flexibility index (Phi) is 4.98. The van der Waals surface area contributed by atoms with Crippen LogP contribution in [0.1, 0.15) is 36.6 Å². The topological polar surface area (TPSA) is 80.3 Å². The van der Waals surface area contributed by atoms with Crippen LogP contribution in [0.2, 0.25) is 0 Å². The van der Waals surface area contributed by atoms with Crippen LogP contribution < -0.4 is 10.2 Å². The Morgan fingerprint density at radius 2 is 1.73 bits per heavy atom. The lowest BCUT2D eigenvalue weighted by Gasteiger charge is -2.26. The van der Waals surface area contributed by atoms with Gasteiger partial charge in [-0.05, 0) is 38.5 Å². The number of nitrogens with two attached hydrogens (primary N) is 1. The maximum atomic E-state index is 13.6. The first-order chi connectivity index (χ1) is 14.3. The van der Waals surface area contributed by atoms with Crippen molar-refractivity contribution < 1.29 is 24.4 Å². The molecule has 2 N–H and O–H groups in total. The molecule has 6 nitrogen and oxygen atoms in total. The van der Waals surface area contributed by atoms with E-state index in [1.165, 1.54) is 4.90 Å². The van der Waals surface area contributed by atoms with Crippen molar-refractivity contribution >= 4 is 23.5 Å². The lowest BCUT2D eigenvalue weighted by Crippen LogP contribution is -2.97. The van der Waals surface area contributed by atoms with E-state index in [-0.39, 0.29) is 24.5 Å². The summed E-state index contributed by atoms with van der Waals surface area (Å²) in [6, 6.07) is 14.8. The molecule has 2 aromatic rings. The van der Waals surface area contributed by atoms with Crippen LogP contribution in [-0.4, -0.2) is 29.9 Å². The summed E-state index contributed by atoms with van der Waals surface area (Å²) in [7, 11) is 0. The molecule has 2 aliphatic heterocycles. The van der Waals surface area contributed by atoms with E-state index in [1.54, 1.807) is 26.0 Å². The van der Waals surface area contributed by atoms with E-state index in [9.17, 15) is 14.4 Å². The highest BCUT2D eigenvalue weighted by Crippen LogP contribution is 2.46. The van der Waals surface area contributed by atoms with Crippen LogP contribution >= 0.6 is 0 Å². The summed E-state index contributed by atoms with van der Waals surface area (Å²) in [4.78, 5) is 41.4. The summed E-state index contributed by atoms with van der Waals surface area (Å²) < 4.78 is 5.34. The highest BCUT2D eigenvalue weighted by Gasteiger charge is 2.71. The van der Waals surface area contributed by atoms with Gasteiger partial charge in [-0.25, -0.2) is 9.69 Å². The fraction of sp³-hybridized carbons (Fsp3) is 0.375.